The van der Waals surface area contributed by atoms with Gasteiger partial charge in [0.2, 0.25) is 0 Å². The van der Waals surface area contributed by atoms with Crippen molar-refractivity contribution in [2.75, 3.05) is 5.75 Å². The first-order valence-corrected chi connectivity index (χ1v) is 4.97. The molecular weight excluding hydrogens is 186 g/mol. The molecule has 0 saturated carbocycles. The van der Waals surface area contributed by atoms with E-state index in [1.165, 1.54) is 0 Å². The van der Waals surface area contributed by atoms with E-state index in [-0.39, 0.29) is 11.8 Å². The summed E-state index contributed by atoms with van der Waals surface area (Å²) in [5.41, 5.74) is 2.71. The van der Waals surface area contributed by atoms with Gasteiger partial charge >= 0.3 is 0 Å². The van der Waals surface area contributed by atoms with Gasteiger partial charge < -0.3 is 0 Å². The topological polar surface area (TPSA) is 49.3 Å². The Morgan fingerprint density at radius 1 is 1.54 bits per heavy atom. The van der Waals surface area contributed by atoms with Crippen LogP contribution in [0.25, 0.3) is 0 Å². The number of hydrogen-bond acceptors (Lipinski definition) is 3. The second-order valence-electron chi connectivity index (χ2n) is 2.88. The summed E-state index contributed by atoms with van der Waals surface area (Å²) in [5.74, 6) is 0.190. The Morgan fingerprint density at radius 3 is 3.08 bits per heavy atom. The molecule has 0 bridgehead atoms. The molecule has 1 aromatic rings. The number of thioether (sulfide) groups is 1. The van der Waals surface area contributed by atoms with Crippen LogP contribution in [0.2, 0.25) is 0 Å². The number of benzene rings is 1. The summed E-state index contributed by atoms with van der Waals surface area (Å²) < 4.78 is 0. The molecule has 4 heteroatoms. The normalized spacial score (nSPS) is 19.6. The van der Waals surface area contributed by atoms with Crippen molar-refractivity contribution in [3.8, 4) is 0 Å². The Bertz CT molecular complexity index is 340. The maximum absolute atomic E-state index is 11.2. The Morgan fingerprint density at radius 2 is 2.31 bits per heavy atom. The number of hydrogen-bond donors (Lipinski definition) is 2. The highest BCUT2D eigenvalue weighted by Crippen LogP contribution is 2.39. The number of hydroxylamine groups is 1. The molecule has 0 aliphatic carbocycles. The van der Waals surface area contributed by atoms with E-state index >= 15 is 0 Å². The van der Waals surface area contributed by atoms with Crippen LogP contribution >= 0.6 is 11.8 Å². The molecule has 2 rings (SSSR count). The van der Waals surface area contributed by atoms with Crippen molar-refractivity contribution in [1.29, 1.82) is 0 Å². The second kappa shape index (κ2) is 3.40. The van der Waals surface area contributed by atoms with E-state index in [0.29, 0.717) is 5.75 Å². The smallest absolute Gasteiger partial charge is 0.251 e. The summed E-state index contributed by atoms with van der Waals surface area (Å²) >= 11 is 1.65. The standard InChI is InChI=1S/C9H9NO2S/c11-9(10-12)7-5-13-8-4-2-1-3-6(7)8/h1-4,7,12H,5H2,(H,10,11). The van der Waals surface area contributed by atoms with Crippen molar-refractivity contribution in [2.24, 2.45) is 0 Å². The van der Waals surface area contributed by atoms with Crippen molar-refractivity contribution in [2.45, 2.75) is 10.8 Å². The largest absolute Gasteiger partial charge is 0.289 e. The summed E-state index contributed by atoms with van der Waals surface area (Å²) in [5, 5.41) is 8.51. The number of amides is 1. The molecule has 3 nitrogen and oxygen atoms in total. The maximum Gasteiger partial charge on any atom is 0.251 e. The van der Waals surface area contributed by atoms with Gasteiger partial charge in [-0.1, -0.05) is 18.2 Å². The number of carbonyl (C=O) groups is 1. The summed E-state index contributed by atoms with van der Waals surface area (Å²) in [6.45, 7) is 0. The minimum absolute atomic E-state index is 0.203. The fourth-order valence-electron chi connectivity index (χ4n) is 1.46. The molecule has 0 saturated heterocycles. The molecule has 1 aliphatic heterocycles. The van der Waals surface area contributed by atoms with Crippen LogP contribution in [0, 0.1) is 0 Å². The van der Waals surface area contributed by atoms with E-state index in [1.807, 2.05) is 24.3 Å². The van der Waals surface area contributed by atoms with Crippen LogP contribution in [0.4, 0.5) is 0 Å². The van der Waals surface area contributed by atoms with E-state index in [1.54, 1.807) is 17.2 Å². The molecule has 0 radical (unpaired) electrons. The number of rotatable bonds is 1. The van der Waals surface area contributed by atoms with Gasteiger partial charge in [0, 0.05) is 10.6 Å². The van der Waals surface area contributed by atoms with E-state index in [4.69, 9.17) is 5.21 Å². The lowest BCUT2D eigenvalue weighted by Gasteiger charge is -2.06. The van der Waals surface area contributed by atoms with Gasteiger partial charge in [-0.25, -0.2) is 5.48 Å². The van der Waals surface area contributed by atoms with Gasteiger partial charge in [0.1, 0.15) is 0 Å². The zero-order valence-electron chi connectivity index (χ0n) is 6.86. The highest BCUT2D eigenvalue weighted by molar-refractivity contribution is 7.99. The molecule has 1 unspecified atom stereocenters. The summed E-state index contributed by atoms with van der Waals surface area (Å²) in [4.78, 5) is 12.3. The van der Waals surface area contributed by atoms with Crippen molar-refractivity contribution in [3.05, 3.63) is 29.8 Å². The van der Waals surface area contributed by atoms with E-state index in [9.17, 15) is 4.79 Å². The van der Waals surface area contributed by atoms with E-state index in [0.717, 1.165) is 10.5 Å². The third-order valence-electron chi connectivity index (χ3n) is 2.13. The van der Waals surface area contributed by atoms with Crippen molar-refractivity contribution in [1.82, 2.24) is 5.48 Å². The number of fused-ring (bicyclic) bond motifs is 1. The lowest BCUT2D eigenvalue weighted by molar-refractivity contribution is -0.130. The highest BCUT2D eigenvalue weighted by atomic mass is 32.2. The molecule has 13 heavy (non-hydrogen) atoms. The Kier molecular flexibility index (Phi) is 2.24. The van der Waals surface area contributed by atoms with Gasteiger partial charge in [0.15, 0.2) is 0 Å². The van der Waals surface area contributed by atoms with Crippen LogP contribution in [0.3, 0.4) is 0 Å². The molecule has 1 heterocycles. The monoisotopic (exact) mass is 195 g/mol. The lowest BCUT2D eigenvalue weighted by atomic mass is 10.0. The van der Waals surface area contributed by atoms with Crippen molar-refractivity contribution in [3.63, 3.8) is 0 Å². The van der Waals surface area contributed by atoms with E-state index in [2.05, 4.69) is 0 Å². The first-order valence-electron chi connectivity index (χ1n) is 3.98. The Balaban J connectivity index is 2.33. The fraction of sp³-hybridized carbons (Fsp3) is 0.222. The molecule has 1 aliphatic rings. The van der Waals surface area contributed by atoms with Crippen LogP contribution in [0.15, 0.2) is 29.2 Å². The number of carbonyl (C=O) groups excluding carboxylic acids is 1. The van der Waals surface area contributed by atoms with Crippen LogP contribution in [0.1, 0.15) is 11.5 Å². The summed E-state index contributed by atoms with van der Waals surface area (Å²) in [6.07, 6.45) is 0. The third kappa shape index (κ3) is 1.43. The van der Waals surface area contributed by atoms with Crippen molar-refractivity contribution < 1.29 is 10.0 Å². The Hall–Kier alpha value is -1.00. The van der Waals surface area contributed by atoms with E-state index < -0.39 is 0 Å². The van der Waals surface area contributed by atoms with Gasteiger partial charge in [0.05, 0.1) is 5.92 Å². The average molecular weight is 195 g/mol. The molecule has 0 spiro atoms. The zero-order valence-corrected chi connectivity index (χ0v) is 7.67. The summed E-state index contributed by atoms with van der Waals surface area (Å²) in [7, 11) is 0. The molecule has 1 amide bonds. The van der Waals surface area contributed by atoms with Crippen LogP contribution < -0.4 is 5.48 Å². The zero-order chi connectivity index (χ0) is 9.26. The fourth-order valence-corrected chi connectivity index (χ4v) is 2.69. The summed E-state index contributed by atoms with van der Waals surface area (Å²) in [6, 6.07) is 7.77. The Labute approximate surface area is 80.1 Å². The van der Waals surface area contributed by atoms with Gasteiger partial charge in [-0.05, 0) is 11.6 Å². The first-order chi connectivity index (χ1) is 6.33. The van der Waals surface area contributed by atoms with Gasteiger partial charge in [-0.15, -0.1) is 11.8 Å². The molecule has 1 aromatic carbocycles. The van der Waals surface area contributed by atoms with Crippen LogP contribution in [0.5, 0.6) is 0 Å². The SMILES string of the molecule is O=C(NO)C1CSc2ccccc21. The molecule has 0 fully saturated rings. The quantitative estimate of drug-likeness (QED) is 0.525. The average Bonchev–Trinajstić information content (AvgIpc) is 2.60. The first kappa shape index (κ1) is 8.59. The molecule has 1 atom stereocenters. The van der Waals surface area contributed by atoms with Crippen LogP contribution in [-0.4, -0.2) is 16.9 Å². The minimum Gasteiger partial charge on any atom is -0.289 e. The second-order valence-corrected chi connectivity index (χ2v) is 3.94. The molecule has 0 aromatic heterocycles. The predicted octanol–water partition coefficient (Wildman–Crippen LogP) is 1.38. The van der Waals surface area contributed by atoms with Crippen LogP contribution in [-0.2, 0) is 4.79 Å². The third-order valence-corrected chi connectivity index (χ3v) is 3.31. The minimum atomic E-state index is -0.322. The molecular formula is C9H9NO2S. The molecule has 68 valence electrons. The van der Waals surface area contributed by atoms with Gasteiger partial charge in [-0.3, -0.25) is 10.0 Å². The highest BCUT2D eigenvalue weighted by Gasteiger charge is 2.28. The molecule has 2 N–H and O–H groups in total. The van der Waals surface area contributed by atoms with Gasteiger partial charge in [0.25, 0.3) is 5.91 Å². The predicted molar refractivity (Wildman–Crippen MR) is 49.8 cm³/mol. The van der Waals surface area contributed by atoms with Crippen molar-refractivity contribution >= 4 is 17.7 Å². The van der Waals surface area contributed by atoms with Gasteiger partial charge in [-0.2, -0.15) is 0 Å². The maximum atomic E-state index is 11.2. The number of nitrogens with one attached hydrogen (secondary N) is 1. The lowest BCUT2D eigenvalue weighted by Crippen LogP contribution is -2.26.